The molecule has 2 fully saturated rings. The molecule has 3 heteroatoms. The maximum Gasteiger partial charge on any atom is 0.0672 e. The molecular formula is C16H28N2S. The molecule has 0 spiro atoms. The van der Waals surface area contributed by atoms with Gasteiger partial charge in [-0.2, -0.15) is 17.0 Å². The zero-order chi connectivity index (χ0) is 13.9. The van der Waals surface area contributed by atoms with Crippen LogP contribution in [0.4, 0.5) is 0 Å². The summed E-state index contributed by atoms with van der Waals surface area (Å²) in [6.45, 7) is 9.30. The second kappa shape index (κ2) is 6.50. The lowest BCUT2D eigenvalue weighted by Crippen LogP contribution is -2.52. The lowest BCUT2D eigenvalue weighted by molar-refractivity contribution is 0.0934. The van der Waals surface area contributed by atoms with Crippen molar-refractivity contribution in [1.82, 2.24) is 4.90 Å². The molecule has 2 nitrogen and oxygen atoms in total. The molecule has 0 amide bonds. The first-order valence-electron chi connectivity index (χ1n) is 7.83. The van der Waals surface area contributed by atoms with Gasteiger partial charge in [0.1, 0.15) is 0 Å². The Bertz CT molecular complexity index is 334. The maximum absolute atomic E-state index is 9.46. The summed E-state index contributed by atoms with van der Waals surface area (Å²) in [7, 11) is 0. The summed E-state index contributed by atoms with van der Waals surface area (Å²) >= 11 is 2.08. The molecule has 0 aromatic rings. The van der Waals surface area contributed by atoms with E-state index in [0.29, 0.717) is 10.8 Å². The van der Waals surface area contributed by atoms with Crippen molar-refractivity contribution in [1.29, 1.82) is 5.26 Å². The summed E-state index contributed by atoms with van der Waals surface area (Å²) in [6, 6.07) is 3.12. The molecule has 0 aromatic carbocycles. The summed E-state index contributed by atoms with van der Waals surface area (Å²) in [5.41, 5.74) is 0. The van der Waals surface area contributed by atoms with Crippen LogP contribution in [0.1, 0.15) is 52.9 Å². The van der Waals surface area contributed by atoms with Crippen LogP contribution in [-0.4, -0.2) is 34.5 Å². The Morgan fingerprint density at radius 1 is 1.37 bits per heavy atom. The first kappa shape index (κ1) is 15.2. The van der Waals surface area contributed by atoms with E-state index < -0.39 is 0 Å². The highest BCUT2D eigenvalue weighted by Crippen LogP contribution is 2.38. The average Bonchev–Trinajstić information content (AvgIpc) is 2.38. The van der Waals surface area contributed by atoms with Crippen molar-refractivity contribution >= 4 is 11.8 Å². The molecule has 1 saturated carbocycles. The van der Waals surface area contributed by atoms with Crippen molar-refractivity contribution in [2.24, 2.45) is 11.8 Å². The Hall–Kier alpha value is -0.200. The van der Waals surface area contributed by atoms with Gasteiger partial charge in [0.15, 0.2) is 0 Å². The van der Waals surface area contributed by atoms with Crippen molar-refractivity contribution in [3.8, 4) is 6.07 Å². The molecular weight excluding hydrogens is 252 g/mol. The van der Waals surface area contributed by atoms with E-state index in [1.165, 1.54) is 38.0 Å². The standard InChI is InChI=1S/C16H28N2S/c1-4-5-13-6-7-14(11-17)15(10-13)18-8-9-19-16(2,3)12-18/h13-15H,4-10,12H2,1-3H3. The van der Waals surface area contributed by atoms with E-state index in [9.17, 15) is 5.26 Å². The van der Waals surface area contributed by atoms with Crippen LogP contribution < -0.4 is 0 Å². The van der Waals surface area contributed by atoms with Crippen LogP contribution in [0.2, 0.25) is 0 Å². The summed E-state index contributed by atoms with van der Waals surface area (Å²) < 4.78 is 0.357. The van der Waals surface area contributed by atoms with E-state index in [0.717, 1.165) is 18.9 Å². The Morgan fingerprint density at radius 2 is 2.16 bits per heavy atom. The fraction of sp³-hybridized carbons (Fsp3) is 0.938. The molecule has 19 heavy (non-hydrogen) atoms. The topological polar surface area (TPSA) is 27.0 Å². The number of hydrogen-bond donors (Lipinski definition) is 0. The first-order valence-corrected chi connectivity index (χ1v) is 8.82. The molecule has 1 saturated heterocycles. The van der Waals surface area contributed by atoms with Crippen LogP contribution in [0.15, 0.2) is 0 Å². The maximum atomic E-state index is 9.46. The fourth-order valence-corrected chi connectivity index (χ4v) is 4.93. The van der Waals surface area contributed by atoms with Crippen LogP contribution in [0.5, 0.6) is 0 Å². The summed E-state index contributed by atoms with van der Waals surface area (Å²) in [4.78, 5) is 2.63. The van der Waals surface area contributed by atoms with Gasteiger partial charge in [-0.1, -0.05) is 19.8 Å². The smallest absolute Gasteiger partial charge is 0.0672 e. The third-order valence-corrected chi connectivity index (χ3v) is 6.01. The summed E-state index contributed by atoms with van der Waals surface area (Å²) in [5, 5.41) is 9.46. The lowest BCUT2D eigenvalue weighted by Gasteiger charge is -2.46. The third kappa shape index (κ3) is 3.89. The highest BCUT2D eigenvalue weighted by molar-refractivity contribution is 8.00. The molecule has 2 aliphatic rings. The van der Waals surface area contributed by atoms with Crippen molar-refractivity contribution < 1.29 is 0 Å². The first-order chi connectivity index (χ1) is 9.05. The average molecular weight is 280 g/mol. The fourth-order valence-electron chi connectivity index (χ4n) is 3.79. The van der Waals surface area contributed by atoms with E-state index in [2.05, 4.69) is 43.5 Å². The minimum atomic E-state index is 0.270. The zero-order valence-corrected chi connectivity index (χ0v) is 13.5. The summed E-state index contributed by atoms with van der Waals surface area (Å²) in [5.74, 6) is 2.35. The SMILES string of the molecule is CCCC1CCC(C#N)C(N2CCSC(C)(C)C2)C1. The zero-order valence-electron chi connectivity index (χ0n) is 12.7. The number of hydrogen-bond acceptors (Lipinski definition) is 3. The molecule has 3 atom stereocenters. The number of thioether (sulfide) groups is 1. The van der Waals surface area contributed by atoms with E-state index in [4.69, 9.17) is 0 Å². The predicted molar refractivity (Wildman–Crippen MR) is 83.3 cm³/mol. The van der Waals surface area contributed by atoms with E-state index in [1.54, 1.807) is 0 Å². The van der Waals surface area contributed by atoms with Gasteiger partial charge < -0.3 is 0 Å². The molecule has 0 radical (unpaired) electrons. The largest absolute Gasteiger partial charge is 0.297 e. The van der Waals surface area contributed by atoms with Crippen molar-refractivity contribution in [2.75, 3.05) is 18.8 Å². The van der Waals surface area contributed by atoms with Crippen LogP contribution in [-0.2, 0) is 0 Å². The van der Waals surface area contributed by atoms with Crippen molar-refractivity contribution in [2.45, 2.75) is 63.7 Å². The second-order valence-electron chi connectivity index (χ2n) is 6.85. The third-order valence-electron chi connectivity index (χ3n) is 4.71. The van der Waals surface area contributed by atoms with Gasteiger partial charge in [0.2, 0.25) is 0 Å². The quantitative estimate of drug-likeness (QED) is 0.784. The molecule has 1 aliphatic carbocycles. The minimum Gasteiger partial charge on any atom is -0.297 e. The highest BCUT2D eigenvalue weighted by atomic mass is 32.2. The van der Waals surface area contributed by atoms with Gasteiger partial charge in [0.05, 0.1) is 12.0 Å². The van der Waals surface area contributed by atoms with Gasteiger partial charge in [-0.15, -0.1) is 0 Å². The Balaban J connectivity index is 2.03. The van der Waals surface area contributed by atoms with Crippen molar-refractivity contribution in [3.63, 3.8) is 0 Å². The monoisotopic (exact) mass is 280 g/mol. The Morgan fingerprint density at radius 3 is 2.79 bits per heavy atom. The second-order valence-corrected chi connectivity index (χ2v) is 8.65. The van der Waals surface area contributed by atoms with Gasteiger partial charge >= 0.3 is 0 Å². The number of nitriles is 1. The highest BCUT2D eigenvalue weighted by Gasteiger charge is 2.38. The van der Waals surface area contributed by atoms with Gasteiger partial charge in [-0.3, -0.25) is 4.90 Å². The van der Waals surface area contributed by atoms with Gasteiger partial charge in [0, 0.05) is 29.6 Å². The molecule has 2 rings (SSSR count). The molecule has 1 aliphatic heterocycles. The van der Waals surface area contributed by atoms with Crippen LogP contribution in [0.3, 0.4) is 0 Å². The minimum absolute atomic E-state index is 0.270. The molecule has 108 valence electrons. The molecule has 0 N–H and O–H groups in total. The lowest BCUT2D eigenvalue weighted by atomic mass is 9.76. The van der Waals surface area contributed by atoms with E-state index in [-0.39, 0.29) is 5.92 Å². The molecule has 3 unspecified atom stereocenters. The van der Waals surface area contributed by atoms with E-state index in [1.807, 2.05) is 0 Å². The normalized spacial score (nSPS) is 35.8. The van der Waals surface area contributed by atoms with Gasteiger partial charge in [-0.25, -0.2) is 0 Å². The van der Waals surface area contributed by atoms with Crippen molar-refractivity contribution in [3.05, 3.63) is 0 Å². The van der Waals surface area contributed by atoms with Crippen LogP contribution in [0, 0.1) is 23.2 Å². The molecule has 0 aromatic heterocycles. The number of nitrogens with zero attached hydrogens (tertiary/aromatic N) is 2. The van der Waals surface area contributed by atoms with Gasteiger partial charge in [-0.05, 0) is 39.0 Å². The molecule has 0 bridgehead atoms. The Kier molecular flexibility index (Phi) is 5.20. The van der Waals surface area contributed by atoms with Crippen LogP contribution in [0.25, 0.3) is 0 Å². The van der Waals surface area contributed by atoms with Crippen LogP contribution >= 0.6 is 11.8 Å². The van der Waals surface area contributed by atoms with E-state index >= 15 is 0 Å². The number of rotatable bonds is 3. The molecule has 1 heterocycles. The Labute approximate surface area is 122 Å². The summed E-state index contributed by atoms with van der Waals surface area (Å²) in [6.07, 6.45) is 6.29. The van der Waals surface area contributed by atoms with Gasteiger partial charge in [0.25, 0.3) is 0 Å². The predicted octanol–water partition coefficient (Wildman–Crippen LogP) is 3.92.